The van der Waals surface area contributed by atoms with Gasteiger partial charge in [0.05, 0.1) is 6.04 Å². The molecular weight excluding hydrogens is 281 g/mol. The summed E-state index contributed by atoms with van der Waals surface area (Å²) in [6.07, 6.45) is 0. The van der Waals surface area contributed by atoms with Crippen LogP contribution >= 0.6 is 23.2 Å². The molecule has 7 heteroatoms. The molecule has 0 aliphatic carbocycles. The first-order valence-electron chi connectivity index (χ1n) is 5.08. The number of hydrogen-bond donors (Lipinski definition) is 1. The second kappa shape index (κ2) is 5.71. The highest BCUT2D eigenvalue weighted by atomic mass is 35.5. The summed E-state index contributed by atoms with van der Waals surface area (Å²) in [7, 11) is 0. The zero-order valence-electron chi connectivity index (χ0n) is 10.1. The summed E-state index contributed by atoms with van der Waals surface area (Å²) in [5.74, 6) is 0. The number of nitrogens with zero attached hydrogens (tertiary/aromatic N) is 2. The Morgan fingerprint density at radius 3 is 2.47 bits per heavy atom. The van der Waals surface area contributed by atoms with E-state index < -0.39 is 11.4 Å². The molecule has 0 unspecified atom stereocenters. The third-order valence-electron chi connectivity index (χ3n) is 2.05. The van der Waals surface area contributed by atoms with Crippen molar-refractivity contribution in [3.63, 3.8) is 0 Å². The minimum absolute atomic E-state index is 0.212. The molecule has 0 bridgehead atoms. The quantitative estimate of drug-likeness (QED) is 0.871. The number of aromatic nitrogens is 2. The van der Waals surface area contributed by atoms with Crippen LogP contribution in [0.15, 0.2) is 6.07 Å². The maximum atomic E-state index is 11.9. The summed E-state index contributed by atoms with van der Waals surface area (Å²) in [6, 6.07) is 1.41. The molecule has 0 aromatic carbocycles. The molecule has 1 N–H and O–H groups in total. The lowest BCUT2D eigenvalue weighted by Crippen LogP contribution is -2.40. The Labute approximate surface area is 114 Å². The minimum atomic E-state index is -1.18. The molecular formula is C10H15Cl2N3OS. The van der Waals surface area contributed by atoms with Gasteiger partial charge < -0.3 is 4.55 Å². The molecule has 0 amide bonds. The normalized spacial score (nSPS) is 15.7. The number of nitrogens with one attached hydrogen (secondary N) is 1. The van der Waals surface area contributed by atoms with Gasteiger partial charge in [-0.05, 0) is 33.8 Å². The van der Waals surface area contributed by atoms with Crippen LogP contribution in [0.25, 0.3) is 0 Å². The Hall–Kier alpha value is -0.0700. The van der Waals surface area contributed by atoms with Crippen molar-refractivity contribution in [3.8, 4) is 0 Å². The van der Waals surface area contributed by atoms with Crippen molar-refractivity contribution in [3.05, 3.63) is 21.9 Å². The fourth-order valence-corrected chi connectivity index (χ4v) is 2.28. The van der Waals surface area contributed by atoms with Crippen LogP contribution in [-0.4, -0.2) is 19.5 Å². The average molecular weight is 296 g/mol. The first kappa shape index (κ1) is 15.0. The molecule has 4 nitrogen and oxygen atoms in total. The Kier molecular flexibility index (Phi) is 5.04. The van der Waals surface area contributed by atoms with Crippen molar-refractivity contribution in [1.82, 2.24) is 14.9 Å². The molecule has 1 rings (SSSR count). The monoisotopic (exact) mass is 295 g/mol. The largest absolute Gasteiger partial charge is 0.598 e. The van der Waals surface area contributed by atoms with Gasteiger partial charge >= 0.3 is 0 Å². The smallest absolute Gasteiger partial charge is 0.156 e. The predicted molar refractivity (Wildman–Crippen MR) is 71.5 cm³/mol. The van der Waals surface area contributed by atoms with Crippen molar-refractivity contribution in [2.24, 2.45) is 0 Å². The standard InChI is InChI=1S/C10H15Cl2N3OS/c1-6(15-17(16)10(2,3)4)7-5-8(11)13-14-9(7)12/h5-6,15H,1-4H3/t6-,17+/m1/s1. The van der Waals surface area contributed by atoms with Crippen molar-refractivity contribution in [2.75, 3.05) is 0 Å². The lowest BCUT2D eigenvalue weighted by Gasteiger charge is -2.26. The van der Waals surface area contributed by atoms with Gasteiger partial charge in [0.1, 0.15) is 4.75 Å². The van der Waals surface area contributed by atoms with Gasteiger partial charge in [0, 0.05) is 16.9 Å². The molecule has 96 valence electrons. The number of halogens is 2. The van der Waals surface area contributed by atoms with Crippen LogP contribution in [0.4, 0.5) is 0 Å². The maximum absolute atomic E-state index is 11.9. The molecule has 2 atom stereocenters. The van der Waals surface area contributed by atoms with E-state index >= 15 is 0 Å². The van der Waals surface area contributed by atoms with Crippen LogP contribution < -0.4 is 4.72 Å². The number of rotatable bonds is 3. The molecule has 1 heterocycles. The third-order valence-corrected chi connectivity index (χ3v) is 4.21. The second-order valence-electron chi connectivity index (χ2n) is 4.63. The van der Waals surface area contributed by atoms with E-state index in [0.29, 0.717) is 5.56 Å². The molecule has 0 aliphatic heterocycles. The second-order valence-corrected chi connectivity index (χ2v) is 7.38. The van der Waals surface area contributed by atoms with Gasteiger partial charge in [-0.2, -0.15) is 0 Å². The van der Waals surface area contributed by atoms with Gasteiger partial charge in [0.15, 0.2) is 10.3 Å². The Morgan fingerprint density at radius 2 is 1.94 bits per heavy atom. The Morgan fingerprint density at radius 1 is 1.35 bits per heavy atom. The lowest BCUT2D eigenvalue weighted by molar-refractivity contribution is 0.531. The lowest BCUT2D eigenvalue weighted by atomic mass is 10.2. The summed E-state index contributed by atoms with van der Waals surface area (Å²) in [6.45, 7) is 7.52. The summed E-state index contributed by atoms with van der Waals surface area (Å²) < 4.78 is 14.6. The Balaban J connectivity index is 2.83. The molecule has 0 radical (unpaired) electrons. The van der Waals surface area contributed by atoms with E-state index in [1.165, 1.54) is 0 Å². The van der Waals surface area contributed by atoms with E-state index in [1.807, 2.05) is 27.7 Å². The van der Waals surface area contributed by atoms with Crippen molar-refractivity contribution in [1.29, 1.82) is 0 Å². The fourth-order valence-electron chi connectivity index (χ4n) is 1.07. The average Bonchev–Trinajstić information content (AvgIpc) is 2.20. The predicted octanol–water partition coefficient (Wildman–Crippen LogP) is 2.90. The van der Waals surface area contributed by atoms with Crippen LogP contribution in [0.5, 0.6) is 0 Å². The summed E-state index contributed by atoms with van der Waals surface area (Å²) in [5.41, 5.74) is 0.685. The van der Waals surface area contributed by atoms with Gasteiger partial charge in [-0.1, -0.05) is 23.2 Å². The first-order chi connectivity index (χ1) is 7.71. The van der Waals surface area contributed by atoms with Crippen LogP contribution in [0.2, 0.25) is 10.3 Å². The molecule has 0 saturated heterocycles. The molecule has 1 aromatic rings. The van der Waals surface area contributed by atoms with E-state index in [2.05, 4.69) is 14.9 Å². The van der Waals surface area contributed by atoms with E-state index in [0.717, 1.165) is 0 Å². The van der Waals surface area contributed by atoms with Crippen LogP contribution in [0.3, 0.4) is 0 Å². The van der Waals surface area contributed by atoms with Crippen molar-refractivity contribution < 1.29 is 4.55 Å². The molecule has 0 aliphatic rings. The van der Waals surface area contributed by atoms with E-state index in [1.54, 1.807) is 6.07 Å². The van der Waals surface area contributed by atoms with Gasteiger partial charge in [-0.25, -0.2) is 0 Å². The molecule has 0 fully saturated rings. The van der Waals surface area contributed by atoms with Crippen LogP contribution in [0, 0.1) is 0 Å². The zero-order chi connectivity index (χ0) is 13.2. The topological polar surface area (TPSA) is 60.9 Å². The van der Waals surface area contributed by atoms with Crippen LogP contribution in [-0.2, 0) is 11.4 Å². The van der Waals surface area contributed by atoms with E-state index in [-0.39, 0.29) is 21.1 Å². The molecule has 0 spiro atoms. The van der Waals surface area contributed by atoms with E-state index in [9.17, 15) is 4.55 Å². The highest BCUT2D eigenvalue weighted by molar-refractivity contribution is 7.90. The summed E-state index contributed by atoms with van der Waals surface area (Å²) in [4.78, 5) is 0. The van der Waals surface area contributed by atoms with Crippen molar-refractivity contribution >= 4 is 34.6 Å². The van der Waals surface area contributed by atoms with Gasteiger partial charge in [0.25, 0.3) is 0 Å². The molecule has 17 heavy (non-hydrogen) atoms. The minimum Gasteiger partial charge on any atom is -0.598 e. The maximum Gasteiger partial charge on any atom is 0.156 e. The van der Waals surface area contributed by atoms with Crippen LogP contribution in [0.1, 0.15) is 39.3 Å². The SMILES string of the molecule is C[C@@H](N[S@@+]([O-])C(C)(C)C)c1cc(Cl)nnc1Cl. The van der Waals surface area contributed by atoms with Gasteiger partial charge in [-0.15, -0.1) is 14.9 Å². The fraction of sp³-hybridized carbons (Fsp3) is 0.600. The summed E-state index contributed by atoms with van der Waals surface area (Å²) >= 11 is 10.5. The molecule has 0 saturated carbocycles. The zero-order valence-corrected chi connectivity index (χ0v) is 12.4. The van der Waals surface area contributed by atoms with Gasteiger partial charge in [-0.3, -0.25) is 0 Å². The number of hydrogen-bond acceptors (Lipinski definition) is 4. The van der Waals surface area contributed by atoms with Crippen molar-refractivity contribution in [2.45, 2.75) is 38.5 Å². The Bertz CT molecular complexity index is 398. The van der Waals surface area contributed by atoms with E-state index in [4.69, 9.17) is 23.2 Å². The van der Waals surface area contributed by atoms with Gasteiger partial charge in [0.2, 0.25) is 0 Å². The highest BCUT2D eigenvalue weighted by Gasteiger charge is 2.29. The third kappa shape index (κ3) is 4.26. The highest BCUT2D eigenvalue weighted by Crippen LogP contribution is 2.25. The molecule has 1 aromatic heterocycles. The summed E-state index contributed by atoms with van der Waals surface area (Å²) in [5, 5.41) is 7.87. The first-order valence-corrected chi connectivity index (χ1v) is 6.99.